The van der Waals surface area contributed by atoms with Crippen LogP contribution >= 0.6 is 0 Å². The third kappa shape index (κ3) is 5.08. The van der Waals surface area contributed by atoms with Crippen LogP contribution in [0.1, 0.15) is 90.4 Å². The molecule has 2 aromatic carbocycles. The molecule has 1 saturated heterocycles. The highest BCUT2D eigenvalue weighted by Crippen LogP contribution is 2.40. The lowest BCUT2D eigenvalue weighted by molar-refractivity contribution is -0.120. The molecule has 5 nitrogen and oxygen atoms in total. The van der Waals surface area contributed by atoms with Crippen molar-refractivity contribution in [3.05, 3.63) is 70.8 Å². The van der Waals surface area contributed by atoms with Crippen LogP contribution in [0.25, 0.3) is 0 Å². The highest BCUT2D eigenvalue weighted by Gasteiger charge is 2.32. The van der Waals surface area contributed by atoms with Crippen LogP contribution < -0.4 is 11.1 Å². The minimum absolute atomic E-state index is 0.0515. The second-order valence-electron chi connectivity index (χ2n) is 8.19. The first-order valence-electron chi connectivity index (χ1n) is 11.0. The summed E-state index contributed by atoms with van der Waals surface area (Å²) >= 11 is 0. The number of benzene rings is 2. The number of carbonyl (C=O) groups excluding carboxylic acids is 1. The number of carboxylic acids is 1. The summed E-state index contributed by atoms with van der Waals surface area (Å²) in [4.78, 5) is 23.9. The summed E-state index contributed by atoms with van der Waals surface area (Å²) in [7, 11) is 0. The molecule has 0 aliphatic carbocycles. The van der Waals surface area contributed by atoms with Gasteiger partial charge in [-0.3, -0.25) is 4.79 Å². The molecule has 3 atom stereocenters. The minimum atomic E-state index is -0.980. The fraction of sp³-hybridized carbons (Fsp3) is 0.440. The average Bonchev–Trinajstić information content (AvgIpc) is 3.03. The van der Waals surface area contributed by atoms with Gasteiger partial charge in [0.15, 0.2) is 0 Å². The molecule has 0 saturated carbocycles. The first kappa shape index (κ1) is 22.0. The quantitative estimate of drug-likeness (QED) is 0.588. The summed E-state index contributed by atoms with van der Waals surface area (Å²) in [6.07, 6.45) is 6.47. The number of hydrogen-bond acceptors (Lipinski definition) is 3. The van der Waals surface area contributed by atoms with E-state index in [-0.39, 0.29) is 23.4 Å². The molecule has 3 rings (SSSR count). The number of primary amides is 1. The number of carboxylic acid groups (broad SMARTS) is 1. The van der Waals surface area contributed by atoms with Crippen LogP contribution in [0, 0.1) is 0 Å². The first-order chi connectivity index (χ1) is 14.5. The highest BCUT2D eigenvalue weighted by molar-refractivity contribution is 5.88. The maximum absolute atomic E-state index is 12.6. The van der Waals surface area contributed by atoms with Gasteiger partial charge in [-0.05, 0) is 60.5 Å². The minimum Gasteiger partial charge on any atom is -0.478 e. The number of aromatic carboxylic acids is 1. The van der Waals surface area contributed by atoms with Gasteiger partial charge in [-0.1, -0.05) is 62.6 Å². The molecule has 4 N–H and O–H groups in total. The zero-order valence-corrected chi connectivity index (χ0v) is 17.6. The zero-order chi connectivity index (χ0) is 21.5. The molecule has 1 heterocycles. The van der Waals surface area contributed by atoms with E-state index in [4.69, 9.17) is 5.73 Å². The molecule has 5 heteroatoms. The van der Waals surface area contributed by atoms with Crippen LogP contribution in [0.3, 0.4) is 0 Å². The summed E-state index contributed by atoms with van der Waals surface area (Å²) in [5.74, 6) is -1.91. The molecule has 2 aromatic rings. The van der Waals surface area contributed by atoms with Gasteiger partial charge in [0, 0.05) is 6.04 Å². The van der Waals surface area contributed by atoms with Crippen molar-refractivity contribution in [1.29, 1.82) is 0 Å². The van der Waals surface area contributed by atoms with Crippen molar-refractivity contribution in [2.45, 2.75) is 63.3 Å². The Morgan fingerprint density at radius 1 is 1.10 bits per heavy atom. The van der Waals surface area contributed by atoms with Crippen LogP contribution in [0.5, 0.6) is 0 Å². The first-order valence-corrected chi connectivity index (χ1v) is 11.0. The normalized spacial score (nSPS) is 18.9. The number of nitrogens with two attached hydrogens (primary N) is 1. The summed E-state index contributed by atoms with van der Waals surface area (Å²) in [5.41, 5.74) is 9.32. The Labute approximate surface area is 178 Å². The molecule has 0 spiro atoms. The summed E-state index contributed by atoms with van der Waals surface area (Å²) in [6, 6.07) is 15.2. The average molecular weight is 409 g/mol. The molecule has 1 aliphatic heterocycles. The van der Waals surface area contributed by atoms with Gasteiger partial charge in [0.1, 0.15) is 0 Å². The Bertz CT molecular complexity index is 855. The molecule has 0 radical (unpaired) electrons. The second-order valence-corrected chi connectivity index (χ2v) is 8.19. The van der Waals surface area contributed by atoms with E-state index in [1.54, 1.807) is 24.3 Å². The second kappa shape index (κ2) is 10.4. The maximum atomic E-state index is 12.6. The molecular weight excluding hydrogens is 376 g/mol. The molecule has 1 amide bonds. The van der Waals surface area contributed by atoms with Crippen LogP contribution in [-0.2, 0) is 4.79 Å². The molecule has 0 aromatic heterocycles. The molecular formula is C25H32N2O3. The van der Waals surface area contributed by atoms with E-state index in [1.165, 1.54) is 30.4 Å². The van der Waals surface area contributed by atoms with Gasteiger partial charge in [-0.25, -0.2) is 4.79 Å². The standard InChI is InChI=1S/C25H32N2O3/c1-2-8-21(23(24(26)28)17-12-14-18(15-13-17)25(29)30)19-9-5-6-10-20(19)22-11-4-3-7-16-27-22/h5-6,9-10,12-15,21-23,27H,2-4,7-8,11,16H2,1H3,(H2,26,28)(H,29,30). The van der Waals surface area contributed by atoms with Crippen molar-refractivity contribution in [1.82, 2.24) is 5.32 Å². The smallest absolute Gasteiger partial charge is 0.335 e. The lowest BCUT2D eigenvalue weighted by Crippen LogP contribution is -2.29. The SMILES string of the molecule is CCCC(c1ccccc1C1CCCCCN1)C(C(N)=O)c1ccc(C(=O)O)cc1. The van der Waals surface area contributed by atoms with Gasteiger partial charge in [0.05, 0.1) is 11.5 Å². The largest absolute Gasteiger partial charge is 0.478 e. The van der Waals surface area contributed by atoms with Gasteiger partial charge in [0.25, 0.3) is 0 Å². The van der Waals surface area contributed by atoms with Crippen molar-refractivity contribution in [2.24, 2.45) is 5.73 Å². The Morgan fingerprint density at radius 3 is 2.50 bits per heavy atom. The maximum Gasteiger partial charge on any atom is 0.335 e. The van der Waals surface area contributed by atoms with E-state index in [1.807, 2.05) is 6.07 Å². The van der Waals surface area contributed by atoms with E-state index in [9.17, 15) is 14.7 Å². The Morgan fingerprint density at radius 2 is 1.83 bits per heavy atom. The van der Waals surface area contributed by atoms with Crippen molar-refractivity contribution in [3.8, 4) is 0 Å². The zero-order valence-electron chi connectivity index (χ0n) is 17.6. The third-order valence-electron chi connectivity index (χ3n) is 6.16. The number of carbonyl (C=O) groups is 2. The van der Waals surface area contributed by atoms with Crippen LogP contribution in [-0.4, -0.2) is 23.5 Å². The van der Waals surface area contributed by atoms with E-state index < -0.39 is 11.9 Å². The van der Waals surface area contributed by atoms with Crippen molar-refractivity contribution < 1.29 is 14.7 Å². The van der Waals surface area contributed by atoms with Crippen LogP contribution in [0.2, 0.25) is 0 Å². The predicted molar refractivity (Wildman–Crippen MR) is 119 cm³/mol. The van der Waals surface area contributed by atoms with E-state index >= 15 is 0 Å². The summed E-state index contributed by atoms with van der Waals surface area (Å²) in [6.45, 7) is 3.12. The molecule has 1 aliphatic rings. The van der Waals surface area contributed by atoms with E-state index in [2.05, 4.69) is 30.4 Å². The lowest BCUT2D eigenvalue weighted by atomic mass is 9.75. The van der Waals surface area contributed by atoms with Gasteiger partial charge in [-0.2, -0.15) is 0 Å². The predicted octanol–water partition coefficient (Wildman–Crippen LogP) is 4.74. The fourth-order valence-electron chi connectivity index (χ4n) is 4.70. The number of amides is 1. The molecule has 160 valence electrons. The highest BCUT2D eigenvalue weighted by atomic mass is 16.4. The number of hydrogen-bond donors (Lipinski definition) is 3. The van der Waals surface area contributed by atoms with Gasteiger partial charge in [0.2, 0.25) is 5.91 Å². The summed E-state index contributed by atoms with van der Waals surface area (Å²) in [5, 5.41) is 12.9. The number of nitrogens with one attached hydrogen (secondary N) is 1. The third-order valence-corrected chi connectivity index (χ3v) is 6.16. The van der Waals surface area contributed by atoms with Crippen molar-refractivity contribution in [3.63, 3.8) is 0 Å². The van der Waals surface area contributed by atoms with Crippen molar-refractivity contribution in [2.75, 3.05) is 6.54 Å². The molecule has 0 bridgehead atoms. The molecule has 30 heavy (non-hydrogen) atoms. The topological polar surface area (TPSA) is 92.4 Å². The van der Waals surface area contributed by atoms with Crippen LogP contribution in [0.4, 0.5) is 0 Å². The van der Waals surface area contributed by atoms with Crippen molar-refractivity contribution >= 4 is 11.9 Å². The lowest BCUT2D eigenvalue weighted by Gasteiger charge is -2.30. The van der Waals surface area contributed by atoms with E-state index in [0.29, 0.717) is 0 Å². The Hall–Kier alpha value is -2.66. The van der Waals surface area contributed by atoms with E-state index in [0.717, 1.165) is 31.4 Å². The molecule has 1 fully saturated rings. The van der Waals surface area contributed by atoms with Gasteiger partial charge >= 0.3 is 5.97 Å². The van der Waals surface area contributed by atoms with Gasteiger partial charge in [-0.15, -0.1) is 0 Å². The van der Waals surface area contributed by atoms with Crippen LogP contribution in [0.15, 0.2) is 48.5 Å². The Kier molecular flexibility index (Phi) is 7.63. The fourth-order valence-corrected chi connectivity index (χ4v) is 4.70. The Balaban J connectivity index is 2.02. The molecule has 3 unspecified atom stereocenters. The number of rotatable bonds is 8. The van der Waals surface area contributed by atoms with Gasteiger partial charge < -0.3 is 16.2 Å². The summed E-state index contributed by atoms with van der Waals surface area (Å²) < 4.78 is 0. The monoisotopic (exact) mass is 408 g/mol.